The first-order chi connectivity index (χ1) is 8.11. The second-order valence-electron chi connectivity index (χ2n) is 3.70. The molecule has 1 amide bonds. The molecule has 0 aliphatic rings. The Bertz CT molecular complexity index is 349. The number of carbonyl (C=O) groups excluding carboxylic acids is 1. The number of nitrogens with one attached hydrogen (secondary N) is 1. The van der Waals surface area contributed by atoms with Crippen LogP contribution in [0, 0.1) is 0 Å². The van der Waals surface area contributed by atoms with Crippen LogP contribution in [0.25, 0.3) is 0 Å². The zero-order chi connectivity index (χ0) is 12.7. The fraction of sp³-hybridized carbons (Fsp3) is 0.417. The zero-order valence-electron chi connectivity index (χ0n) is 10.4. The lowest BCUT2D eigenvalue weighted by Crippen LogP contribution is -2.36. The van der Waals surface area contributed by atoms with Crippen molar-refractivity contribution >= 4 is 5.91 Å². The third-order valence-corrected chi connectivity index (χ3v) is 2.01. The maximum Gasteiger partial charge on any atom is 0.237 e. The molecule has 5 heteroatoms. The van der Waals surface area contributed by atoms with E-state index in [0.717, 1.165) is 11.5 Å². The van der Waals surface area contributed by atoms with Crippen molar-refractivity contribution in [2.45, 2.75) is 6.42 Å². The predicted molar refractivity (Wildman–Crippen MR) is 64.9 cm³/mol. The second-order valence-corrected chi connectivity index (χ2v) is 3.70. The first kappa shape index (κ1) is 13.3. The molecule has 0 aliphatic carbocycles. The molecule has 0 spiro atoms. The summed E-state index contributed by atoms with van der Waals surface area (Å²) in [5, 5.41) is 1.61. The van der Waals surface area contributed by atoms with E-state index in [1.54, 1.807) is 26.2 Å². The minimum absolute atomic E-state index is 0.0662. The number of hydrogen-bond acceptors (Lipinski definition) is 4. The van der Waals surface area contributed by atoms with Crippen molar-refractivity contribution in [1.29, 1.82) is 0 Å². The number of carbonyl (C=O) groups is 1. The van der Waals surface area contributed by atoms with Crippen molar-refractivity contribution in [2.24, 2.45) is 0 Å². The standard InChI is InChI=1S/C12H18N2O3/c1-14(2)13-12(15)8-9-17-11-6-4-10(16-3)5-7-11/h4-7H,8-9H2,1-3H3,(H,13,15). The van der Waals surface area contributed by atoms with Gasteiger partial charge in [-0.15, -0.1) is 0 Å². The normalized spacial score (nSPS) is 10.1. The second kappa shape index (κ2) is 6.75. The van der Waals surface area contributed by atoms with E-state index in [1.165, 1.54) is 0 Å². The van der Waals surface area contributed by atoms with E-state index in [9.17, 15) is 4.79 Å². The van der Waals surface area contributed by atoms with Crippen molar-refractivity contribution < 1.29 is 14.3 Å². The summed E-state index contributed by atoms with van der Waals surface area (Å²) >= 11 is 0. The predicted octanol–water partition coefficient (Wildman–Crippen LogP) is 1.06. The number of amides is 1. The Balaban J connectivity index is 2.28. The molecule has 0 unspecified atom stereocenters. The van der Waals surface area contributed by atoms with Crippen LogP contribution in [0.1, 0.15) is 6.42 Å². The van der Waals surface area contributed by atoms with Gasteiger partial charge in [-0.3, -0.25) is 10.2 Å². The van der Waals surface area contributed by atoms with Crippen molar-refractivity contribution in [3.05, 3.63) is 24.3 Å². The lowest BCUT2D eigenvalue weighted by Gasteiger charge is -2.12. The topological polar surface area (TPSA) is 50.8 Å². The van der Waals surface area contributed by atoms with Gasteiger partial charge >= 0.3 is 0 Å². The number of methoxy groups -OCH3 is 1. The molecule has 0 saturated heterocycles. The molecule has 1 N–H and O–H groups in total. The molecule has 0 saturated carbocycles. The van der Waals surface area contributed by atoms with E-state index >= 15 is 0 Å². The summed E-state index contributed by atoms with van der Waals surface area (Å²) in [5.41, 5.74) is 2.64. The zero-order valence-corrected chi connectivity index (χ0v) is 10.4. The summed E-state index contributed by atoms with van der Waals surface area (Å²) < 4.78 is 10.5. The van der Waals surface area contributed by atoms with Crippen molar-refractivity contribution in [3.63, 3.8) is 0 Å². The Morgan fingerprint density at radius 1 is 1.24 bits per heavy atom. The van der Waals surface area contributed by atoms with E-state index in [1.807, 2.05) is 24.3 Å². The highest BCUT2D eigenvalue weighted by Crippen LogP contribution is 2.16. The van der Waals surface area contributed by atoms with E-state index in [4.69, 9.17) is 9.47 Å². The molecular weight excluding hydrogens is 220 g/mol. The van der Waals surface area contributed by atoms with Crippen molar-refractivity contribution in [3.8, 4) is 11.5 Å². The first-order valence-corrected chi connectivity index (χ1v) is 5.35. The van der Waals surface area contributed by atoms with Gasteiger partial charge in [0.25, 0.3) is 0 Å². The number of hydrogen-bond donors (Lipinski definition) is 1. The van der Waals surface area contributed by atoms with Gasteiger partial charge in [-0.05, 0) is 24.3 Å². The summed E-state index contributed by atoms with van der Waals surface area (Å²) in [7, 11) is 5.14. The fourth-order valence-electron chi connectivity index (χ4n) is 1.24. The molecule has 1 aromatic carbocycles. The highest BCUT2D eigenvalue weighted by Gasteiger charge is 2.02. The van der Waals surface area contributed by atoms with E-state index in [-0.39, 0.29) is 5.91 Å². The molecule has 0 radical (unpaired) electrons. The van der Waals surface area contributed by atoms with Crippen LogP contribution in [0.5, 0.6) is 11.5 Å². The molecule has 94 valence electrons. The maximum atomic E-state index is 11.3. The van der Waals surface area contributed by atoms with Crippen LogP contribution in [0.15, 0.2) is 24.3 Å². The molecule has 5 nitrogen and oxygen atoms in total. The molecular formula is C12H18N2O3. The molecule has 1 aromatic rings. The third kappa shape index (κ3) is 5.21. The van der Waals surface area contributed by atoms with Crippen LogP contribution in [0.3, 0.4) is 0 Å². The van der Waals surface area contributed by atoms with Gasteiger partial charge in [0.2, 0.25) is 5.91 Å². The van der Waals surface area contributed by atoms with Crippen molar-refractivity contribution in [2.75, 3.05) is 27.8 Å². The molecule has 0 bridgehead atoms. The fourth-order valence-corrected chi connectivity index (χ4v) is 1.24. The van der Waals surface area contributed by atoms with Crippen molar-refractivity contribution in [1.82, 2.24) is 10.4 Å². The molecule has 0 aliphatic heterocycles. The molecule has 0 atom stereocenters. The van der Waals surface area contributed by atoms with Gasteiger partial charge < -0.3 is 9.47 Å². The average Bonchev–Trinajstić information content (AvgIpc) is 2.29. The number of hydrazine groups is 1. The largest absolute Gasteiger partial charge is 0.497 e. The monoisotopic (exact) mass is 238 g/mol. The number of nitrogens with zero attached hydrogens (tertiary/aromatic N) is 1. The lowest BCUT2D eigenvalue weighted by atomic mass is 10.3. The van der Waals surface area contributed by atoms with Gasteiger partial charge in [0.05, 0.1) is 20.1 Å². The quantitative estimate of drug-likeness (QED) is 0.753. The SMILES string of the molecule is COc1ccc(OCCC(=O)NN(C)C)cc1. The summed E-state index contributed by atoms with van der Waals surface area (Å²) in [6.07, 6.45) is 0.324. The molecule has 0 aromatic heterocycles. The van der Waals surface area contributed by atoms with Gasteiger partial charge in [-0.1, -0.05) is 0 Å². The summed E-state index contributed by atoms with van der Waals surface area (Å²) in [6, 6.07) is 7.25. The van der Waals surface area contributed by atoms with Gasteiger partial charge in [0.1, 0.15) is 11.5 Å². The van der Waals surface area contributed by atoms with E-state index in [2.05, 4.69) is 5.43 Å². The highest BCUT2D eigenvalue weighted by molar-refractivity contribution is 5.75. The Morgan fingerprint density at radius 3 is 2.35 bits per heavy atom. The summed E-state index contributed by atoms with van der Waals surface area (Å²) in [6.45, 7) is 0.353. The highest BCUT2D eigenvalue weighted by atomic mass is 16.5. The minimum Gasteiger partial charge on any atom is -0.497 e. The van der Waals surface area contributed by atoms with Gasteiger partial charge in [-0.2, -0.15) is 0 Å². The first-order valence-electron chi connectivity index (χ1n) is 5.35. The van der Waals surface area contributed by atoms with Crippen LogP contribution in [-0.2, 0) is 4.79 Å². The third-order valence-electron chi connectivity index (χ3n) is 2.01. The van der Waals surface area contributed by atoms with Crippen LogP contribution < -0.4 is 14.9 Å². The maximum absolute atomic E-state index is 11.3. The summed E-state index contributed by atoms with van der Waals surface area (Å²) in [4.78, 5) is 11.3. The van der Waals surface area contributed by atoms with Crippen LogP contribution in [0.2, 0.25) is 0 Å². The number of benzene rings is 1. The molecule has 1 rings (SSSR count). The van der Waals surface area contributed by atoms with Crippen LogP contribution in [0.4, 0.5) is 0 Å². The van der Waals surface area contributed by atoms with Gasteiger partial charge in [-0.25, -0.2) is 5.01 Å². The molecule has 0 heterocycles. The summed E-state index contributed by atoms with van der Waals surface area (Å²) in [5.74, 6) is 1.44. The van der Waals surface area contributed by atoms with E-state index < -0.39 is 0 Å². The minimum atomic E-state index is -0.0662. The molecule has 0 fully saturated rings. The van der Waals surface area contributed by atoms with Crippen LogP contribution >= 0.6 is 0 Å². The van der Waals surface area contributed by atoms with Crippen LogP contribution in [-0.4, -0.2) is 38.7 Å². The Kier molecular flexibility index (Phi) is 5.29. The number of rotatable bonds is 6. The Morgan fingerprint density at radius 2 is 1.82 bits per heavy atom. The smallest absolute Gasteiger partial charge is 0.237 e. The van der Waals surface area contributed by atoms with E-state index in [0.29, 0.717) is 13.0 Å². The van der Waals surface area contributed by atoms with Gasteiger partial charge in [0, 0.05) is 14.1 Å². The Hall–Kier alpha value is -1.75. The lowest BCUT2D eigenvalue weighted by molar-refractivity contribution is -0.125. The number of ether oxygens (including phenoxy) is 2. The Labute approximate surface area is 101 Å². The average molecular weight is 238 g/mol. The molecule has 17 heavy (non-hydrogen) atoms. The van der Waals surface area contributed by atoms with Gasteiger partial charge in [0.15, 0.2) is 0 Å².